The summed E-state index contributed by atoms with van der Waals surface area (Å²) in [4.78, 5) is 8.81. The molecule has 1 N–H and O–H groups in total. The van der Waals surface area contributed by atoms with Gasteiger partial charge in [-0.2, -0.15) is 0 Å². The van der Waals surface area contributed by atoms with Crippen LogP contribution in [0.15, 0.2) is 24.5 Å². The first-order chi connectivity index (χ1) is 8.54. The van der Waals surface area contributed by atoms with Gasteiger partial charge in [0.05, 0.1) is 12.2 Å². The summed E-state index contributed by atoms with van der Waals surface area (Å²) in [5, 5.41) is 3.36. The molecule has 4 nitrogen and oxygen atoms in total. The highest BCUT2D eigenvalue weighted by atomic mass is 15.2. The SMILES string of the molecule is Cc1ccc(Cn2cc(C)nc2NC(C)C)cn1. The second-order valence-electron chi connectivity index (χ2n) is 4.94. The van der Waals surface area contributed by atoms with E-state index in [0.29, 0.717) is 6.04 Å². The molecule has 4 heteroatoms. The number of nitrogens with one attached hydrogen (secondary N) is 1. The van der Waals surface area contributed by atoms with Gasteiger partial charge in [-0.05, 0) is 39.3 Å². The molecule has 0 amide bonds. The van der Waals surface area contributed by atoms with Crippen LogP contribution in [-0.2, 0) is 6.54 Å². The monoisotopic (exact) mass is 244 g/mol. The minimum Gasteiger partial charge on any atom is -0.353 e. The molecule has 0 radical (unpaired) electrons. The highest BCUT2D eigenvalue weighted by Gasteiger charge is 2.07. The molecule has 18 heavy (non-hydrogen) atoms. The van der Waals surface area contributed by atoms with Gasteiger partial charge in [-0.25, -0.2) is 4.98 Å². The number of aryl methyl sites for hydroxylation is 2. The largest absolute Gasteiger partial charge is 0.353 e. The predicted octanol–water partition coefficient (Wildman–Crippen LogP) is 2.76. The zero-order valence-corrected chi connectivity index (χ0v) is 11.4. The van der Waals surface area contributed by atoms with Crippen molar-refractivity contribution < 1.29 is 0 Å². The number of nitrogens with zero attached hydrogens (tertiary/aromatic N) is 3. The average molecular weight is 244 g/mol. The van der Waals surface area contributed by atoms with E-state index in [1.807, 2.05) is 26.1 Å². The van der Waals surface area contributed by atoms with Crippen LogP contribution >= 0.6 is 0 Å². The molecular formula is C14H20N4. The lowest BCUT2D eigenvalue weighted by atomic mass is 10.2. The maximum atomic E-state index is 4.50. The second kappa shape index (κ2) is 5.21. The van der Waals surface area contributed by atoms with E-state index < -0.39 is 0 Å². The Balaban J connectivity index is 2.20. The van der Waals surface area contributed by atoms with Gasteiger partial charge in [0, 0.05) is 24.1 Å². The topological polar surface area (TPSA) is 42.7 Å². The van der Waals surface area contributed by atoms with Crippen molar-refractivity contribution in [2.45, 2.75) is 40.3 Å². The van der Waals surface area contributed by atoms with Crippen molar-refractivity contribution in [3.8, 4) is 0 Å². The molecule has 0 bridgehead atoms. The Kier molecular flexibility index (Phi) is 3.65. The Morgan fingerprint density at radius 1 is 1.22 bits per heavy atom. The molecule has 2 aromatic rings. The lowest BCUT2D eigenvalue weighted by molar-refractivity contribution is 0.770. The highest BCUT2D eigenvalue weighted by molar-refractivity contribution is 5.31. The van der Waals surface area contributed by atoms with Crippen LogP contribution in [0.25, 0.3) is 0 Å². The maximum Gasteiger partial charge on any atom is 0.203 e. The molecule has 0 aromatic carbocycles. The first-order valence-corrected chi connectivity index (χ1v) is 6.26. The van der Waals surface area contributed by atoms with Crippen LogP contribution in [-0.4, -0.2) is 20.6 Å². The molecule has 0 fully saturated rings. The third-order valence-electron chi connectivity index (χ3n) is 2.64. The number of hydrogen-bond donors (Lipinski definition) is 1. The number of aromatic nitrogens is 3. The van der Waals surface area contributed by atoms with Gasteiger partial charge in [-0.1, -0.05) is 6.07 Å². The van der Waals surface area contributed by atoms with Gasteiger partial charge < -0.3 is 9.88 Å². The Bertz CT molecular complexity index is 511. The van der Waals surface area contributed by atoms with E-state index in [0.717, 1.165) is 23.9 Å². The molecule has 0 unspecified atom stereocenters. The normalized spacial score (nSPS) is 10.9. The summed E-state index contributed by atoms with van der Waals surface area (Å²) >= 11 is 0. The summed E-state index contributed by atoms with van der Waals surface area (Å²) in [7, 11) is 0. The Labute approximate surface area is 108 Å². The van der Waals surface area contributed by atoms with E-state index in [2.05, 4.69) is 46.0 Å². The number of rotatable bonds is 4. The summed E-state index contributed by atoms with van der Waals surface area (Å²) < 4.78 is 2.13. The summed E-state index contributed by atoms with van der Waals surface area (Å²) in [6.45, 7) is 9.03. The lowest BCUT2D eigenvalue weighted by Gasteiger charge is -2.12. The maximum absolute atomic E-state index is 4.50. The van der Waals surface area contributed by atoms with E-state index in [4.69, 9.17) is 0 Å². The number of imidazole rings is 1. The Morgan fingerprint density at radius 2 is 2.00 bits per heavy atom. The van der Waals surface area contributed by atoms with E-state index >= 15 is 0 Å². The van der Waals surface area contributed by atoms with E-state index in [1.165, 1.54) is 5.56 Å². The molecule has 0 aliphatic heterocycles. The molecule has 2 aromatic heterocycles. The molecule has 0 saturated carbocycles. The number of pyridine rings is 1. The molecule has 0 spiro atoms. The lowest BCUT2D eigenvalue weighted by Crippen LogP contribution is -2.15. The molecule has 0 atom stereocenters. The van der Waals surface area contributed by atoms with Gasteiger partial charge in [0.15, 0.2) is 0 Å². The standard InChI is InChI=1S/C14H20N4/c1-10(2)16-14-17-12(4)8-18(14)9-13-6-5-11(3)15-7-13/h5-8,10H,9H2,1-4H3,(H,16,17). The summed E-state index contributed by atoms with van der Waals surface area (Å²) in [5.74, 6) is 0.920. The summed E-state index contributed by atoms with van der Waals surface area (Å²) in [6, 6.07) is 4.52. The van der Waals surface area contributed by atoms with E-state index in [9.17, 15) is 0 Å². The van der Waals surface area contributed by atoms with Crippen LogP contribution in [0.2, 0.25) is 0 Å². The second-order valence-corrected chi connectivity index (χ2v) is 4.94. The van der Waals surface area contributed by atoms with Crippen molar-refractivity contribution in [3.05, 3.63) is 41.5 Å². The van der Waals surface area contributed by atoms with Crippen LogP contribution in [0.5, 0.6) is 0 Å². The van der Waals surface area contributed by atoms with Gasteiger partial charge in [0.1, 0.15) is 0 Å². The van der Waals surface area contributed by atoms with Crippen molar-refractivity contribution >= 4 is 5.95 Å². The minimum atomic E-state index is 0.377. The molecule has 0 aliphatic rings. The molecule has 96 valence electrons. The summed E-state index contributed by atoms with van der Waals surface area (Å²) in [6.07, 6.45) is 3.98. The quantitative estimate of drug-likeness (QED) is 0.899. The molecule has 0 saturated heterocycles. The predicted molar refractivity (Wildman–Crippen MR) is 73.8 cm³/mol. The number of hydrogen-bond acceptors (Lipinski definition) is 3. The zero-order chi connectivity index (χ0) is 13.1. The van der Waals surface area contributed by atoms with Crippen LogP contribution in [0.3, 0.4) is 0 Å². The zero-order valence-electron chi connectivity index (χ0n) is 11.4. The highest BCUT2D eigenvalue weighted by Crippen LogP contribution is 2.12. The van der Waals surface area contributed by atoms with Gasteiger partial charge in [-0.3, -0.25) is 4.98 Å². The van der Waals surface area contributed by atoms with Crippen LogP contribution < -0.4 is 5.32 Å². The fourth-order valence-corrected chi connectivity index (χ4v) is 1.83. The molecule has 2 rings (SSSR count). The fraction of sp³-hybridized carbons (Fsp3) is 0.429. The number of anilines is 1. The Hall–Kier alpha value is -1.84. The van der Waals surface area contributed by atoms with Crippen LogP contribution in [0.4, 0.5) is 5.95 Å². The van der Waals surface area contributed by atoms with Gasteiger partial charge in [-0.15, -0.1) is 0 Å². The third kappa shape index (κ3) is 3.09. The smallest absolute Gasteiger partial charge is 0.203 e. The van der Waals surface area contributed by atoms with Crippen LogP contribution in [0, 0.1) is 13.8 Å². The van der Waals surface area contributed by atoms with Gasteiger partial charge in [0.25, 0.3) is 0 Å². The molecule has 2 heterocycles. The van der Waals surface area contributed by atoms with E-state index in [-0.39, 0.29) is 0 Å². The molecule has 0 aliphatic carbocycles. The van der Waals surface area contributed by atoms with Gasteiger partial charge >= 0.3 is 0 Å². The average Bonchev–Trinajstić information content (AvgIpc) is 2.61. The first kappa shape index (κ1) is 12.6. The van der Waals surface area contributed by atoms with Gasteiger partial charge in [0.2, 0.25) is 5.95 Å². The van der Waals surface area contributed by atoms with Crippen molar-refractivity contribution in [1.29, 1.82) is 0 Å². The fourth-order valence-electron chi connectivity index (χ4n) is 1.83. The summed E-state index contributed by atoms with van der Waals surface area (Å²) in [5.41, 5.74) is 3.25. The van der Waals surface area contributed by atoms with Crippen molar-refractivity contribution in [2.24, 2.45) is 0 Å². The molecular weight excluding hydrogens is 224 g/mol. The first-order valence-electron chi connectivity index (χ1n) is 6.26. The third-order valence-corrected chi connectivity index (χ3v) is 2.64. The minimum absolute atomic E-state index is 0.377. The van der Waals surface area contributed by atoms with Crippen molar-refractivity contribution in [2.75, 3.05) is 5.32 Å². The Morgan fingerprint density at radius 3 is 2.61 bits per heavy atom. The van der Waals surface area contributed by atoms with Crippen molar-refractivity contribution in [1.82, 2.24) is 14.5 Å². The van der Waals surface area contributed by atoms with E-state index in [1.54, 1.807) is 0 Å². The van der Waals surface area contributed by atoms with Crippen LogP contribution in [0.1, 0.15) is 30.8 Å². The van der Waals surface area contributed by atoms with Crippen molar-refractivity contribution in [3.63, 3.8) is 0 Å².